The number of nitrogens with zero attached hydrogens (tertiary/aromatic N) is 4. The van der Waals surface area contributed by atoms with E-state index >= 15 is 0 Å². The number of aryl methyl sites for hydroxylation is 1. The van der Waals surface area contributed by atoms with Crippen molar-refractivity contribution < 1.29 is 9.53 Å². The van der Waals surface area contributed by atoms with Crippen molar-refractivity contribution in [2.75, 3.05) is 27.2 Å². The van der Waals surface area contributed by atoms with Crippen LogP contribution in [-0.4, -0.2) is 59.9 Å². The van der Waals surface area contributed by atoms with E-state index in [0.29, 0.717) is 25.5 Å². The average Bonchev–Trinajstić information content (AvgIpc) is 3.01. The number of hydrogen-bond donors (Lipinski definition) is 3. The zero-order chi connectivity index (χ0) is 18.1. The summed E-state index contributed by atoms with van der Waals surface area (Å²) in [5.74, 6) is 2.48. The summed E-state index contributed by atoms with van der Waals surface area (Å²) in [4.78, 5) is 20.3. The molecule has 1 aliphatic rings. The molecule has 1 atom stereocenters. The molecule has 0 saturated carbocycles. The van der Waals surface area contributed by atoms with Gasteiger partial charge in [-0.25, -0.2) is 9.67 Å². The van der Waals surface area contributed by atoms with E-state index in [4.69, 9.17) is 4.74 Å². The third-order valence-electron chi connectivity index (χ3n) is 3.96. The maximum Gasteiger partial charge on any atom is 0.221 e. The smallest absolute Gasteiger partial charge is 0.221 e. The van der Waals surface area contributed by atoms with Crippen molar-refractivity contribution >= 4 is 11.9 Å². The van der Waals surface area contributed by atoms with Gasteiger partial charge in [0.05, 0.1) is 6.54 Å². The van der Waals surface area contributed by atoms with Crippen LogP contribution < -0.4 is 16.0 Å². The molecule has 9 heteroatoms. The normalized spacial score (nSPS) is 17.1. The van der Waals surface area contributed by atoms with Gasteiger partial charge in [-0.3, -0.25) is 9.79 Å². The molecule has 3 N–H and O–H groups in total. The van der Waals surface area contributed by atoms with Crippen LogP contribution in [-0.2, 0) is 29.1 Å². The molecule has 1 aromatic heterocycles. The summed E-state index contributed by atoms with van der Waals surface area (Å²) >= 11 is 0. The Hall–Kier alpha value is -2.16. The summed E-state index contributed by atoms with van der Waals surface area (Å²) < 4.78 is 7.02. The Bertz CT molecular complexity index is 585. The molecule has 0 aromatic carbocycles. The largest absolute Gasteiger partial charge is 0.377 e. The minimum Gasteiger partial charge on any atom is -0.377 e. The number of amides is 1. The third-order valence-corrected chi connectivity index (χ3v) is 3.96. The number of aliphatic imine (C=N–C) groups is 1. The number of guanidine groups is 1. The zero-order valence-electron chi connectivity index (χ0n) is 15.3. The van der Waals surface area contributed by atoms with Crippen molar-refractivity contribution in [2.24, 2.45) is 4.99 Å². The van der Waals surface area contributed by atoms with E-state index in [0.717, 1.165) is 44.0 Å². The van der Waals surface area contributed by atoms with E-state index in [1.54, 1.807) is 14.2 Å². The first-order valence-electron chi connectivity index (χ1n) is 8.81. The molecule has 0 radical (unpaired) electrons. The van der Waals surface area contributed by atoms with E-state index < -0.39 is 0 Å². The predicted octanol–water partition coefficient (Wildman–Crippen LogP) is -0.179. The van der Waals surface area contributed by atoms with Gasteiger partial charge in [0.2, 0.25) is 5.91 Å². The number of methoxy groups -OCH3 is 1. The molecule has 9 nitrogen and oxygen atoms in total. The lowest BCUT2D eigenvalue weighted by atomic mass is 10.1. The second-order valence-electron chi connectivity index (χ2n) is 6.04. The summed E-state index contributed by atoms with van der Waals surface area (Å²) in [5, 5.41) is 13.9. The Morgan fingerprint density at radius 1 is 1.40 bits per heavy atom. The van der Waals surface area contributed by atoms with Crippen LogP contribution in [0.5, 0.6) is 0 Å². The van der Waals surface area contributed by atoms with Crippen LogP contribution >= 0.6 is 0 Å². The number of ether oxygens (including phenoxy) is 1. The lowest BCUT2D eigenvalue weighted by molar-refractivity contribution is -0.120. The first-order valence-corrected chi connectivity index (χ1v) is 8.81. The highest BCUT2D eigenvalue weighted by molar-refractivity contribution is 5.81. The van der Waals surface area contributed by atoms with Gasteiger partial charge < -0.3 is 20.7 Å². The number of carbonyl (C=O) groups is 1. The van der Waals surface area contributed by atoms with Gasteiger partial charge in [-0.15, -0.1) is 0 Å². The van der Waals surface area contributed by atoms with Crippen LogP contribution in [0.3, 0.4) is 0 Å². The summed E-state index contributed by atoms with van der Waals surface area (Å²) in [5.41, 5.74) is 0. The van der Waals surface area contributed by atoms with Crippen LogP contribution in [0.4, 0.5) is 0 Å². The number of hydrogen-bond acceptors (Lipinski definition) is 5. The fourth-order valence-corrected chi connectivity index (χ4v) is 2.70. The Kier molecular flexibility index (Phi) is 7.65. The molecule has 1 aromatic rings. The zero-order valence-corrected chi connectivity index (χ0v) is 15.3. The number of fused-ring (bicyclic) bond motifs is 1. The van der Waals surface area contributed by atoms with Gasteiger partial charge >= 0.3 is 0 Å². The van der Waals surface area contributed by atoms with Crippen molar-refractivity contribution in [2.45, 2.75) is 51.8 Å². The van der Waals surface area contributed by atoms with Gasteiger partial charge in [-0.1, -0.05) is 6.92 Å². The first-order chi connectivity index (χ1) is 12.2. The Labute approximate surface area is 148 Å². The topological polar surface area (TPSA) is 105 Å². The van der Waals surface area contributed by atoms with Crippen molar-refractivity contribution in [1.82, 2.24) is 30.7 Å². The van der Waals surface area contributed by atoms with Gasteiger partial charge in [0, 0.05) is 46.1 Å². The first kappa shape index (κ1) is 19.2. The lowest BCUT2D eigenvalue weighted by Gasteiger charge is -2.25. The number of nitrogens with one attached hydrogen (secondary N) is 3. The highest BCUT2D eigenvalue weighted by Crippen LogP contribution is 2.13. The molecular weight excluding hydrogens is 322 g/mol. The maximum absolute atomic E-state index is 11.6. The molecule has 2 heterocycles. The Balaban J connectivity index is 1.77. The van der Waals surface area contributed by atoms with Gasteiger partial charge in [-0.05, 0) is 12.8 Å². The van der Waals surface area contributed by atoms with Crippen molar-refractivity contribution in [3.8, 4) is 0 Å². The van der Waals surface area contributed by atoms with Gasteiger partial charge in [-0.2, -0.15) is 5.10 Å². The average molecular weight is 351 g/mol. The molecule has 1 unspecified atom stereocenters. The minimum absolute atomic E-state index is 0.0559. The molecule has 1 amide bonds. The van der Waals surface area contributed by atoms with Crippen LogP contribution in [0.2, 0.25) is 0 Å². The van der Waals surface area contributed by atoms with E-state index in [9.17, 15) is 4.79 Å². The fraction of sp³-hybridized carbons (Fsp3) is 0.750. The van der Waals surface area contributed by atoms with E-state index in [2.05, 4.69) is 31.0 Å². The standard InChI is InChI=1S/C16H29N7O2/c1-4-8-18-15(24)7-9-19-16(17-2)20-12-5-6-14-21-13(11-25-3)22-23(14)10-12/h12H,4-11H2,1-3H3,(H,18,24)(H2,17,19,20). The maximum atomic E-state index is 11.6. The number of carbonyl (C=O) groups excluding carboxylic acids is 1. The molecule has 0 spiro atoms. The van der Waals surface area contributed by atoms with Gasteiger partial charge in [0.15, 0.2) is 11.8 Å². The Morgan fingerprint density at radius 3 is 2.96 bits per heavy atom. The predicted molar refractivity (Wildman–Crippen MR) is 95.3 cm³/mol. The van der Waals surface area contributed by atoms with Gasteiger partial charge in [0.25, 0.3) is 0 Å². The van der Waals surface area contributed by atoms with Gasteiger partial charge in [0.1, 0.15) is 12.4 Å². The summed E-state index contributed by atoms with van der Waals surface area (Å²) in [7, 11) is 3.37. The second-order valence-corrected chi connectivity index (χ2v) is 6.04. The van der Waals surface area contributed by atoms with Crippen molar-refractivity contribution in [1.29, 1.82) is 0 Å². The quantitative estimate of drug-likeness (QED) is 0.443. The molecule has 2 rings (SSSR count). The summed E-state index contributed by atoms with van der Waals surface area (Å²) in [6.45, 7) is 4.48. The Morgan fingerprint density at radius 2 is 2.24 bits per heavy atom. The highest BCUT2D eigenvalue weighted by Gasteiger charge is 2.22. The van der Waals surface area contributed by atoms with Crippen LogP contribution in [0.1, 0.15) is 37.8 Å². The van der Waals surface area contributed by atoms with Crippen molar-refractivity contribution in [3.05, 3.63) is 11.6 Å². The SMILES string of the molecule is CCCNC(=O)CCNC(=NC)NC1CCc2nc(COC)nn2C1. The molecule has 1 aliphatic heterocycles. The molecule has 0 aliphatic carbocycles. The number of aromatic nitrogens is 3. The third kappa shape index (κ3) is 6.00. The number of rotatable bonds is 8. The highest BCUT2D eigenvalue weighted by atomic mass is 16.5. The fourth-order valence-electron chi connectivity index (χ4n) is 2.70. The molecule has 0 fully saturated rings. The van der Waals surface area contributed by atoms with Crippen LogP contribution in [0.25, 0.3) is 0 Å². The molecular formula is C16H29N7O2. The lowest BCUT2D eigenvalue weighted by Crippen LogP contribution is -2.47. The summed E-state index contributed by atoms with van der Waals surface area (Å²) in [6, 6.07) is 0.227. The summed E-state index contributed by atoms with van der Waals surface area (Å²) in [6.07, 6.45) is 3.20. The van der Waals surface area contributed by atoms with E-state index in [1.165, 1.54) is 0 Å². The molecule has 25 heavy (non-hydrogen) atoms. The molecule has 0 saturated heterocycles. The molecule has 0 bridgehead atoms. The second kappa shape index (κ2) is 9.97. The molecule has 140 valence electrons. The van der Waals surface area contributed by atoms with Crippen molar-refractivity contribution in [3.63, 3.8) is 0 Å². The minimum atomic E-state index is 0.0559. The van der Waals surface area contributed by atoms with Crippen LogP contribution in [0, 0.1) is 0 Å². The van der Waals surface area contributed by atoms with Crippen LogP contribution in [0.15, 0.2) is 4.99 Å². The van der Waals surface area contributed by atoms with E-state index in [-0.39, 0.29) is 11.9 Å². The monoisotopic (exact) mass is 351 g/mol. The van der Waals surface area contributed by atoms with E-state index in [1.807, 2.05) is 11.6 Å².